The van der Waals surface area contributed by atoms with Gasteiger partial charge in [-0.1, -0.05) is 0 Å². The van der Waals surface area contributed by atoms with Crippen LogP contribution in [0.3, 0.4) is 0 Å². The zero-order valence-electron chi connectivity index (χ0n) is 7.39. The van der Waals surface area contributed by atoms with Gasteiger partial charge in [0, 0.05) is 12.4 Å². The molecular weight excluding hydrogens is 183 g/mol. The van der Waals surface area contributed by atoms with E-state index in [-0.39, 0.29) is 12.4 Å². The Hall–Kier alpha value is -1.68. The van der Waals surface area contributed by atoms with E-state index in [1.807, 2.05) is 0 Å². The molecule has 0 amide bonds. The van der Waals surface area contributed by atoms with E-state index < -0.39 is 0 Å². The first kappa shape index (κ1) is 8.90. The third-order valence-electron chi connectivity index (χ3n) is 1.89. The Morgan fingerprint density at radius 3 is 2.86 bits per heavy atom. The maximum atomic E-state index is 13.1. The highest BCUT2D eigenvalue weighted by molar-refractivity contribution is 5.35. The van der Waals surface area contributed by atoms with Crippen LogP contribution in [0.5, 0.6) is 0 Å². The van der Waals surface area contributed by atoms with Gasteiger partial charge >= 0.3 is 0 Å². The van der Waals surface area contributed by atoms with Crippen molar-refractivity contribution in [3.05, 3.63) is 48.0 Å². The van der Waals surface area contributed by atoms with Crippen LogP contribution in [0, 0.1) is 5.82 Å². The summed E-state index contributed by atoms with van der Waals surface area (Å²) >= 11 is 0. The fourth-order valence-corrected chi connectivity index (χ4v) is 1.28. The minimum absolute atomic E-state index is 0.175. The van der Waals surface area contributed by atoms with E-state index in [0.717, 1.165) is 0 Å². The molecule has 0 aliphatic rings. The van der Waals surface area contributed by atoms with Crippen LogP contribution in [0.1, 0.15) is 5.56 Å². The van der Waals surface area contributed by atoms with Crippen molar-refractivity contribution < 1.29 is 9.50 Å². The molecule has 1 heterocycles. The molecule has 2 rings (SSSR count). The molecule has 0 unspecified atom stereocenters. The summed E-state index contributed by atoms with van der Waals surface area (Å²) in [4.78, 5) is 0. The van der Waals surface area contributed by atoms with Crippen LogP contribution in [0.15, 0.2) is 36.7 Å². The summed E-state index contributed by atoms with van der Waals surface area (Å²) in [7, 11) is 0. The Balaban J connectivity index is 2.48. The summed E-state index contributed by atoms with van der Waals surface area (Å²) in [5.41, 5.74) is 1.15. The van der Waals surface area contributed by atoms with E-state index in [2.05, 4.69) is 5.10 Å². The van der Waals surface area contributed by atoms with Gasteiger partial charge in [-0.05, 0) is 29.8 Å². The average molecular weight is 192 g/mol. The first-order chi connectivity index (χ1) is 6.79. The zero-order valence-corrected chi connectivity index (χ0v) is 7.39. The highest BCUT2D eigenvalue weighted by atomic mass is 19.1. The quantitative estimate of drug-likeness (QED) is 0.783. The molecule has 72 valence electrons. The van der Waals surface area contributed by atoms with Gasteiger partial charge < -0.3 is 5.11 Å². The van der Waals surface area contributed by atoms with Gasteiger partial charge in [0.15, 0.2) is 0 Å². The van der Waals surface area contributed by atoms with E-state index in [9.17, 15) is 4.39 Å². The predicted octanol–water partition coefficient (Wildman–Crippen LogP) is 1.50. The lowest BCUT2D eigenvalue weighted by Crippen LogP contribution is -1.97. The van der Waals surface area contributed by atoms with Gasteiger partial charge in [0.2, 0.25) is 0 Å². The summed E-state index contributed by atoms with van der Waals surface area (Å²) < 4.78 is 14.6. The van der Waals surface area contributed by atoms with E-state index in [4.69, 9.17) is 5.11 Å². The van der Waals surface area contributed by atoms with Crippen molar-refractivity contribution in [1.29, 1.82) is 0 Å². The van der Waals surface area contributed by atoms with Crippen LogP contribution in [-0.4, -0.2) is 14.9 Å². The van der Waals surface area contributed by atoms with E-state index in [1.54, 1.807) is 29.2 Å². The lowest BCUT2D eigenvalue weighted by atomic mass is 10.2. The summed E-state index contributed by atoms with van der Waals surface area (Å²) in [6, 6.07) is 6.11. The van der Waals surface area contributed by atoms with Crippen molar-refractivity contribution in [2.75, 3.05) is 0 Å². The lowest BCUT2D eigenvalue weighted by molar-refractivity contribution is 0.281. The highest BCUT2D eigenvalue weighted by Crippen LogP contribution is 2.12. The molecule has 0 atom stereocenters. The molecule has 0 saturated heterocycles. The maximum absolute atomic E-state index is 13.1. The van der Waals surface area contributed by atoms with Gasteiger partial charge in [-0.15, -0.1) is 0 Å². The first-order valence-corrected chi connectivity index (χ1v) is 4.20. The van der Waals surface area contributed by atoms with Crippen LogP contribution in [0.25, 0.3) is 5.69 Å². The van der Waals surface area contributed by atoms with Gasteiger partial charge in [-0.2, -0.15) is 5.10 Å². The second kappa shape index (κ2) is 3.59. The van der Waals surface area contributed by atoms with Gasteiger partial charge in [0.25, 0.3) is 0 Å². The van der Waals surface area contributed by atoms with Crippen LogP contribution < -0.4 is 0 Å². The van der Waals surface area contributed by atoms with Crippen molar-refractivity contribution in [3.63, 3.8) is 0 Å². The van der Waals surface area contributed by atoms with Crippen molar-refractivity contribution >= 4 is 0 Å². The Bertz CT molecular complexity index is 426. The van der Waals surface area contributed by atoms with Gasteiger partial charge in [0.05, 0.1) is 12.3 Å². The summed E-state index contributed by atoms with van der Waals surface area (Å²) in [5.74, 6) is -0.373. The largest absolute Gasteiger partial charge is 0.392 e. The molecule has 0 fully saturated rings. The Morgan fingerprint density at radius 2 is 2.21 bits per heavy atom. The molecule has 4 heteroatoms. The standard InChI is InChI=1S/C10H9FN2O/c11-9-4-8(7-14)5-10(6-9)13-3-1-2-12-13/h1-6,14H,7H2. The molecule has 0 bridgehead atoms. The molecular formula is C10H9FN2O. The number of benzene rings is 1. The predicted molar refractivity (Wildman–Crippen MR) is 49.4 cm³/mol. The van der Waals surface area contributed by atoms with Crippen LogP contribution in [0.2, 0.25) is 0 Å². The number of aliphatic hydroxyl groups excluding tert-OH is 1. The van der Waals surface area contributed by atoms with Crippen molar-refractivity contribution in [3.8, 4) is 5.69 Å². The second-order valence-corrected chi connectivity index (χ2v) is 2.93. The molecule has 1 N–H and O–H groups in total. The Morgan fingerprint density at radius 1 is 1.36 bits per heavy atom. The Kier molecular flexibility index (Phi) is 2.28. The van der Waals surface area contributed by atoms with Crippen molar-refractivity contribution in [2.24, 2.45) is 0 Å². The molecule has 0 saturated carbocycles. The minimum atomic E-state index is -0.373. The highest BCUT2D eigenvalue weighted by Gasteiger charge is 2.01. The zero-order chi connectivity index (χ0) is 9.97. The SMILES string of the molecule is OCc1cc(F)cc(-n2cccn2)c1. The molecule has 0 aliphatic heterocycles. The maximum Gasteiger partial charge on any atom is 0.125 e. The molecule has 0 aliphatic carbocycles. The Labute approximate surface area is 80.4 Å². The van der Waals surface area contributed by atoms with E-state index >= 15 is 0 Å². The topological polar surface area (TPSA) is 38.0 Å². The van der Waals surface area contributed by atoms with Gasteiger partial charge in [0.1, 0.15) is 5.82 Å². The molecule has 2 aromatic rings. The molecule has 0 spiro atoms. The van der Waals surface area contributed by atoms with E-state index in [0.29, 0.717) is 11.3 Å². The molecule has 14 heavy (non-hydrogen) atoms. The molecule has 1 aromatic heterocycles. The minimum Gasteiger partial charge on any atom is -0.392 e. The summed E-state index contributed by atoms with van der Waals surface area (Å²) in [5, 5.41) is 12.9. The lowest BCUT2D eigenvalue weighted by Gasteiger charge is -2.03. The first-order valence-electron chi connectivity index (χ1n) is 4.20. The molecule has 1 aromatic carbocycles. The van der Waals surface area contributed by atoms with Crippen molar-refractivity contribution in [2.45, 2.75) is 6.61 Å². The fourth-order valence-electron chi connectivity index (χ4n) is 1.28. The third-order valence-corrected chi connectivity index (χ3v) is 1.89. The van der Waals surface area contributed by atoms with Gasteiger partial charge in [-0.3, -0.25) is 0 Å². The number of halogens is 1. The monoisotopic (exact) mass is 192 g/mol. The summed E-state index contributed by atoms with van der Waals surface area (Å²) in [6.07, 6.45) is 3.33. The van der Waals surface area contributed by atoms with Crippen LogP contribution in [0.4, 0.5) is 4.39 Å². The van der Waals surface area contributed by atoms with Crippen LogP contribution in [-0.2, 0) is 6.61 Å². The second-order valence-electron chi connectivity index (χ2n) is 2.93. The number of nitrogens with zero attached hydrogens (tertiary/aromatic N) is 2. The van der Waals surface area contributed by atoms with E-state index in [1.165, 1.54) is 12.1 Å². The molecule has 0 radical (unpaired) electrons. The average Bonchev–Trinajstić information content (AvgIpc) is 2.69. The summed E-state index contributed by atoms with van der Waals surface area (Å²) in [6.45, 7) is -0.175. The number of aromatic nitrogens is 2. The fraction of sp³-hybridized carbons (Fsp3) is 0.100. The number of hydrogen-bond acceptors (Lipinski definition) is 2. The number of hydrogen-bond donors (Lipinski definition) is 1. The van der Waals surface area contributed by atoms with Gasteiger partial charge in [-0.25, -0.2) is 9.07 Å². The van der Waals surface area contributed by atoms with Crippen molar-refractivity contribution in [1.82, 2.24) is 9.78 Å². The van der Waals surface area contributed by atoms with Crippen LogP contribution >= 0.6 is 0 Å². The normalized spacial score (nSPS) is 10.4. The molecule has 3 nitrogen and oxygen atoms in total. The third kappa shape index (κ3) is 1.65. The number of aliphatic hydroxyl groups is 1. The number of rotatable bonds is 2. The smallest absolute Gasteiger partial charge is 0.125 e.